The fourth-order valence-electron chi connectivity index (χ4n) is 3.52. The molecule has 0 fully saturated rings. The molecule has 1 atom stereocenters. The Hall–Kier alpha value is -2.11. The predicted octanol–water partition coefficient (Wildman–Crippen LogP) is 2.76. The third kappa shape index (κ3) is 4.74. The van der Waals surface area contributed by atoms with Gasteiger partial charge in [-0.15, -0.1) is 0 Å². The van der Waals surface area contributed by atoms with Gasteiger partial charge in [0, 0.05) is 12.2 Å². The van der Waals surface area contributed by atoms with Crippen molar-refractivity contribution in [3.8, 4) is 0 Å². The molecule has 1 heterocycles. The molecule has 6 nitrogen and oxygen atoms in total. The van der Waals surface area contributed by atoms with Crippen molar-refractivity contribution in [2.75, 3.05) is 0 Å². The standard InChI is InChI=1S/C20H30N2O4/c1-4-5-10-22-17-9-7-6-8-14(17)12-15(19(22)24)18(23)21-16(20(25)26)11-13(2)3/h12-13,16H,4-11H2,1-3H3,(H,21,23)(H,25,26)/t16-/m0/s1. The second kappa shape index (κ2) is 9.01. The number of rotatable bonds is 8. The number of fused-ring (bicyclic) bond motifs is 1. The summed E-state index contributed by atoms with van der Waals surface area (Å²) in [6.07, 6.45) is 5.99. The molecule has 0 bridgehead atoms. The number of aromatic nitrogens is 1. The Morgan fingerprint density at radius 3 is 2.58 bits per heavy atom. The Morgan fingerprint density at radius 2 is 1.96 bits per heavy atom. The second-order valence-corrected chi connectivity index (χ2v) is 7.54. The molecule has 1 amide bonds. The van der Waals surface area contributed by atoms with Crippen LogP contribution in [0.2, 0.25) is 0 Å². The quantitative estimate of drug-likeness (QED) is 0.744. The lowest BCUT2D eigenvalue weighted by atomic mass is 9.94. The number of unbranched alkanes of at least 4 members (excludes halogenated alkanes) is 1. The largest absolute Gasteiger partial charge is 0.480 e. The number of hydrogen-bond acceptors (Lipinski definition) is 3. The molecule has 1 aromatic heterocycles. The first-order chi connectivity index (χ1) is 12.3. The summed E-state index contributed by atoms with van der Waals surface area (Å²) < 4.78 is 1.74. The van der Waals surface area contributed by atoms with Gasteiger partial charge in [0.05, 0.1) is 0 Å². The van der Waals surface area contributed by atoms with Crippen molar-refractivity contribution in [2.24, 2.45) is 5.92 Å². The summed E-state index contributed by atoms with van der Waals surface area (Å²) in [6, 6.07) is 0.699. The Kier molecular flexibility index (Phi) is 7.00. The van der Waals surface area contributed by atoms with Crippen molar-refractivity contribution >= 4 is 11.9 Å². The SMILES string of the molecule is CCCCn1c2c(cc(C(=O)N[C@@H](CC(C)C)C(=O)O)c1=O)CCCC2. The maximum Gasteiger partial charge on any atom is 0.326 e. The molecule has 1 aromatic rings. The number of aliphatic carboxylic acids is 1. The van der Waals surface area contributed by atoms with E-state index in [1.807, 2.05) is 13.8 Å². The first-order valence-electron chi connectivity index (χ1n) is 9.64. The molecule has 0 saturated carbocycles. The van der Waals surface area contributed by atoms with E-state index in [-0.39, 0.29) is 17.0 Å². The highest BCUT2D eigenvalue weighted by atomic mass is 16.4. The van der Waals surface area contributed by atoms with Crippen LogP contribution < -0.4 is 10.9 Å². The first kappa shape index (κ1) is 20.2. The zero-order chi connectivity index (χ0) is 19.3. The molecule has 26 heavy (non-hydrogen) atoms. The van der Waals surface area contributed by atoms with Gasteiger partial charge in [-0.25, -0.2) is 4.79 Å². The first-order valence-corrected chi connectivity index (χ1v) is 9.64. The van der Waals surface area contributed by atoms with E-state index in [1.165, 1.54) is 0 Å². The minimum atomic E-state index is -1.07. The van der Waals surface area contributed by atoms with Gasteiger partial charge in [-0.05, 0) is 56.1 Å². The molecule has 2 N–H and O–H groups in total. The number of carbonyl (C=O) groups is 2. The van der Waals surface area contributed by atoms with Gasteiger partial charge in [0.2, 0.25) is 0 Å². The smallest absolute Gasteiger partial charge is 0.326 e. The number of hydrogen-bond donors (Lipinski definition) is 2. The minimum absolute atomic E-state index is 0.0664. The summed E-state index contributed by atoms with van der Waals surface area (Å²) in [5.41, 5.74) is 1.86. The van der Waals surface area contributed by atoms with E-state index in [0.29, 0.717) is 13.0 Å². The van der Waals surface area contributed by atoms with Gasteiger partial charge in [-0.1, -0.05) is 27.2 Å². The van der Waals surface area contributed by atoms with Crippen molar-refractivity contribution in [2.45, 2.75) is 78.3 Å². The number of carboxylic acid groups (broad SMARTS) is 1. The molecular formula is C20H30N2O4. The summed E-state index contributed by atoms with van der Waals surface area (Å²) in [5, 5.41) is 11.9. The molecule has 144 valence electrons. The molecule has 1 aliphatic carbocycles. The molecule has 2 rings (SSSR count). The number of nitrogens with one attached hydrogen (secondary N) is 1. The molecule has 0 spiro atoms. The van der Waals surface area contributed by atoms with Crippen LogP contribution >= 0.6 is 0 Å². The third-order valence-corrected chi connectivity index (χ3v) is 4.89. The Labute approximate surface area is 154 Å². The Balaban J connectivity index is 2.37. The monoisotopic (exact) mass is 362 g/mol. The van der Waals surface area contributed by atoms with E-state index in [1.54, 1.807) is 10.6 Å². The molecule has 0 saturated heterocycles. The van der Waals surface area contributed by atoms with Crippen LogP contribution in [0, 0.1) is 5.92 Å². The van der Waals surface area contributed by atoms with Crippen LogP contribution in [0.3, 0.4) is 0 Å². The van der Waals surface area contributed by atoms with Crippen LogP contribution in [0.5, 0.6) is 0 Å². The van der Waals surface area contributed by atoms with Gasteiger partial charge in [0.1, 0.15) is 11.6 Å². The van der Waals surface area contributed by atoms with Crippen molar-refractivity contribution in [3.05, 3.63) is 33.2 Å². The highest BCUT2D eigenvalue weighted by molar-refractivity contribution is 5.96. The van der Waals surface area contributed by atoms with Crippen molar-refractivity contribution in [1.82, 2.24) is 9.88 Å². The van der Waals surface area contributed by atoms with Crippen LogP contribution in [0.4, 0.5) is 0 Å². The molecule has 0 radical (unpaired) electrons. The zero-order valence-electron chi connectivity index (χ0n) is 16.0. The fourth-order valence-corrected chi connectivity index (χ4v) is 3.52. The molecule has 0 unspecified atom stereocenters. The van der Waals surface area contributed by atoms with Gasteiger partial charge in [-0.2, -0.15) is 0 Å². The van der Waals surface area contributed by atoms with Crippen LogP contribution in [0.1, 0.15) is 74.5 Å². The van der Waals surface area contributed by atoms with Crippen molar-refractivity contribution in [1.29, 1.82) is 0 Å². The van der Waals surface area contributed by atoms with Crippen LogP contribution in [0.25, 0.3) is 0 Å². The number of carboxylic acids is 1. The zero-order valence-corrected chi connectivity index (χ0v) is 16.0. The number of aryl methyl sites for hydroxylation is 1. The van der Waals surface area contributed by atoms with Gasteiger partial charge < -0.3 is 15.0 Å². The number of amides is 1. The molecule has 0 aliphatic heterocycles. The van der Waals surface area contributed by atoms with Gasteiger partial charge in [0.25, 0.3) is 11.5 Å². The average molecular weight is 362 g/mol. The topological polar surface area (TPSA) is 88.4 Å². The highest BCUT2D eigenvalue weighted by Crippen LogP contribution is 2.21. The Morgan fingerprint density at radius 1 is 1.27 bits per heavy atom. The lowest BCUT2D eigenvalue weighted by Crippen LogP contribution is -2.44. The number of carbonyl (C=O) groups excluding carboxylic acids is 1. The van der Waals surface area contributed by atoms with E-state index in [4.69, 9.17) is 0 Å². The second-order valence-electron chi connectivity index (χ2n) is 7.54. The lowest BCUT2D eigenvalue weighted by Gasteiger charge is -2.23. The number of pyridine rings is 1. The molecule has 1 aliphatic rings. The summed E-state index contributed by atoms with van der Waals surface area (Å²) >= 11 is 0. The maximum absolute atomic E-state index is 12.9. The third-order valence-electron chi connectivity index (χ3n) is 4.89. The van der Waals surface area contributed by atoms with E-state index >= 15 is 0 Å². The molecule has 6 heteroatoms. The summed E-state index contributed by atoms with van der Waals surface area (Å²) in [5.74, 6) is -1.53. The van der Waals surface area contributed by atoms with Crippen molar-refractivity contribution < 1.29 is 14.7 Å². The highest BCUT2D eigenvalue weighted by Gasteiger charge is 2.25. The number of nitrogens with zero attached hydrogens (tertiary/aromatic N) is 1. The summed E-state index contributed by atoms with van der Waals surface area (Å²) in [4.78, 5) is 37.0. The van der Waals surface area contributed by atoms with Gasteiger partial charge >= 0.3 is 5.97 Å². The van der Waals surface area contributed by atoms with E-state index in [9.17, 15) is 19.5 Å². The van der Waals surface area contributed by atoms with Crippen LogP contribution in [-0.2, 0) is 24.2 Å². The molecule has 0 aromatic carbocycles. The predicted molar refractivity (Wildman–Crippen MR) is 101 cm³/mol. The lowest BCUT2D eigenvalue weighted by molar-refractivity contribution is -0.139. The average Bonchev–Trinajstić information content (AvgIpc) is 2.59. The van der Waals surface area contributed by atoms with Crippen molar-refractivity contribution in [3.63, 3.8) is 0 Å². The maximum atomic E-state index is 12.9. The van der Waals surface area contributed by atoms with E-state index in [0.717, 1.165) is 49.8 Å². The van der Waals surface area contributed by atoms with E-state index < -0.39 is 17.9 Å². The van der Waals surface area contributed by atoms with Crippen LogP contribution in [0.15, 0.2) is 10.9 Å². The summed E-state index contributed by atoms with van der Waals surface area (Å²) in [7, 11) is 0. The van der Waals surface area contributed by atoms with Crippen LogP contribution in [-0.4, -0.2) is 27.6 Å². The fraction of sp³-hybridized carbons (Fsp3) is 0.650. The van der Waals surface area contributed by atoms with E-state index in [2.05, 4.69) is 12.2 Å². The molecular weight excluding hydrogens is 332 g/mol. The van der Waals surface area contributed by atoms with Gasteiger partial charge in [0.15, 0.2) is 0 Å². The normalized spacial score (nSPS) is 14.8. The van der Waals surface area contributed by atoms with Gasteiger partial charge in [-0.3, -0.25) is 9.59 Å². The minimum Gasteiger partial charge on any atom is -0.480 e. The summed E-state index contributed by atoms with van der Waals surface area (Å²) in [6.45, 7) is 6.47. The Bertz CT molecular complexity index is 721.